The second-order valence-electron chi connectivity index (χ2n) is 3.62. The predicted octanol–water partition coefficient (Wildman–Crippen LogP) is 3.62. The van der Waals surface area contributed by atoms with E-state index in [4.69, 9.17) is 22.1 Å². The summed E-state index contributed by atoms with van der Waals surface area (Å²) in [6, 6.07) is 3.49. The summed E-state index contributed by atoms with van der Waals surface area (Å²) >= 11 is 7.46. The van der Waals surface area contributed by atoms with Crippen LogP contribution in [0.5, 0.6) is 0 Å². The molecule has 0 fully saturated rings. The summed E-state index contributed by atoms with van der Waals surface area (Å²) in [5, 5.41) is 1.46. The van der Waals surface area contributed by atoms with Crippen molar-refractivity contribution in [3.05, 3.63) is 27.6 Å². The van der Waals surface area contributed by atoms with Crippen molar-refractivity contribution in [2.24, 2.45) is 0 Å². The molecule has 0 aliphatic carbocycles. The summed E-state index contributed by atoms with van der Waals surface area (Å²) in [5.74, 6) is -0.318. The average Bonchev–Trinajstić information content (AvgIpc) is 2.63. The molecule has 0 spiro atoms. The van der Waals surface area contributed by atoms with Crippen LogP contribution in [0.4, 0.5) is 5.69 Å². The molecule has 2 rings (SSSR count). The van der Waals surface area contributed by atoms with E-state index < -0.39 is 0 Å². The van der Waals surface area contributed by atoms with Crippen LogP contribution in [0.3, 0.4) is 0 Å². The van der Waals surface area contributed by atoms with Crippen LogP contribution in [0.25, 0.3) is 10.1 Å². The standard InChI is InChI=1S/C12H12ClNO2S/c1-3-16-12(15)10-6(2)9-7(13)4-5-8(14)11(9)17-10/h4-5H,3,14H2,1-2H3. The third-order valence-corrected chi connectivity index (χ3v) is 4.15. The number of hydrogen-bond acceptors (Lipinski definition) is 4. The van der Waals surface area contributed by atoms with Gasteiger partial charge in [-0.05, 0) is 31.5 Å². The van der Waals surface area contributed by atoms with E-state index in [9.17, 15) is 4.79 Å². The van der Waals surface area contributed by atoms with Crippen LogP contribution >= 0.6 is 22.9 Å². The van der Waals surface area contributed by atoms with E-state index >= 15 is 0 Å². The van der Waals surface area contributed by atoms with Crippen LogP contribution in [0, 0.1) is 6.92 Å². The van der Waals surface area contributed by atoms with E-state index in [-0.39, 0.29) is 5.97 Å². The topological polar surface area (TPSA) is 52.3 Å². The highest BCUT2D eigenvalue weighted by Gasteiger charge is 2.19. The van der Waals surface area contributed by atoms with Gasteiger partial charge in [-0.15, -0.1) is 11.3 Å². The van der Waals surface area contributed by atoms with Crippen LogP contribution in [0.2, 0.25) is 5.02 Å². The number of carbonyl (C=O) groups is 1. The number of ether oxygens (including phenoxy) is 1. The van der Waals surface area contributed by atoms with Gasteiger partial charge in [-0.1, -0.05) is 11.6 Å². The number of benzene rings is 1. The largest absolute Gasteiger partial charge is 0.462 e. The minimum atomic E-state index is -0.318. The second-order valence-corrected chi connectivity index (χ2v) is 5.05. The summed E-state index contributed by atoms with van der Waals surface area (Å²) < 4.78 is 5.85. The molecule has 0 unspecified atom stereocenters. The van der Waals surface area contributed by atoms with Gasteiger partial charge >= 0.3 is 5.97 Å². The summed E-state index contributed by atoms with van der Waals surface area (Å²) in [5.41, 5.74) is 7.35. The van der Waals surface area contributed by atoms with Crippen molar-refractivity contribution in [3.8, 4) is 0 Å². The quantitative estimate of drug-likeness (QED) is 0.669. The van der Waals surface area contributed by atoms with Gasteiger partial charge in [-0.25, -0.2) is 4.79 Å². The van der Waals surface area contributed by atoms with Gasteiger partial charge in [0.2, 0.25) is 0 Å². The SMILES string of the molecule is CCOC(=O)c1sc2c(N)ccc(Cl)c2c1C. The molecule has 17 heavy (non-hydrogen) atoms. The number of carbonyl (C=O) groups excluding carboxylic acids is 1. The number of nitrogen functional groups attached to an aromatic ring is 1. The number of rotatable bonds is 2. The van der Waals surface area contributed by atoms with E-state index in [1.807, 2.05) is 6.92 Å². The molecule has 0 atom stereocenters. The van der Waals surface area contributed by atoms with Crippen molar-refractivity contribution >= 4 is 44.7 Å². The van der Waals surface area contributed by atoms with Gasteiger partial charge in [0.15, 0.2) is 0 Å². The van der Waals surface area contributed by atoms with Crippen LogP contribution in [0.15, 0.2) is 12.1 Å². The molecule has 0 saturated carbocycles. The third-order valence-electron chi connectivity index (χ3n) is 2.52. The Morgan fingerprint density at radius 3 is 2.82 bits per heavy atom. The fourth-order valence-electron chi connectivity index (χ4n) is 1.72. The van der Waals surface area contributed by atoms with E-state index in [0.717, 1.165) is 15.6 Å². The van der Waals surface area contributed by atoms with Crippen molar-refractivity contribution < 1.29 is 9.53 Å². The normalized spacial score (nSPS) is 10.8. The van der Waals surface area contributed by atoms with E-state index in [2.05, 4.69) is 0 Å². The maximum atomic E-state index is 11.8. The number of esters is 1. The number of thiophene rings is 1. The van der Waals surface area contributed by atoms with Crippen molar-refractivity contribution in [1.29, 1.82) is 0 Å². The Hall–Kier alpha value is -1.26. The van der Waals surface area contributed by atoms with Crippen molar-refractivity contribution in [3.63, 3.8) is 0 Å². The highest BCUT2D eigenvalue weighted by Crippen LogP contribution is 2.39. The molecule has 0 saturated heterocycles. The Balaban J connectivity index is 2.68. The van der Waals surface area contributed by atoms with E-state index in [1.165, 1.54) is 11.3 Å². The molecule has 0 bridgehead atoms. The lowest BCUT2D eigenvalue weighted by molar-refractivity contribution is 0.0531. The minimum absolute atomic E-state index is 0.318. The zero-order valence-corrected chi connectivity index (χ0v) is 11.1. The highest BCUT2D eigenvalue weighted by molar-refractivity contribution is 7.21. The van der Waals surface area contributed by atoms with Crippen molar-refractivity contribution in [2.75, 3.05) is 12.3 Å². The maximum absolute atomic E-state index is 11.8. The first-order valence-corrected chi connectivity index (χ1v) is 6.40. The lowest BCUT2D eigenvalue weighted by atomic mass is 10.1. The maximum Gasteiger partial charge on any atom is 0.348 e. The molecule has 2 N–H and O–H groups in total. The van der Waals surface area contributed by atoms with E-state index in [1.54, 1.807) is 19.1 Å². The number of anilines is 1. The van der Waals surface area contributed by atoms with Crippen molar-refractivity contribution in [1.82, 2.24) is 0 Å². The van der Waals surface area contributed by atoms with Crippen LogP contribution in [-0.2, 0) is 4.74 Å². The number of nitrogens with two attached hydrogens (primary N) is 1. The Morgan fingerprint density at radius 2 is 2.24 bits per heavy atom. The Morgan fingerprint density at radius 1 is 1.53 bits per heavy atom. The highest BCUT2D eigenvalue weighted by atomic mass is 35.5. The van der Waals surface area contributed by atoms with Gasteiger partial charge in [-0.3, -0.25) is 0 Å². The fourth-order valence-corrected chi connectivity index (χ4v) is 3.23. The summed E-state index contributed by atoms with van der Waals surface area (Å²) in [7, 11) is 0. The molecule has 0 amide bonds. The summed E-state index contributed by atoms with van der Waals surface area (Å²) in [6.07, 6.45) is 0. The molecule has 2 aromatic rings. The molecule has 1 heterocycles. The van der Waals surface area contributed by atoms with Gasteiger partial charge in [-0.2, -0.15) is 0 Å². The first kappa shape index (κ1) is 12.2. The number of halogens is 1. The Kier molecular flexibility index (Phi) is 3.26. The molecule has 5 heteroatoms. The molecule has 90 valence electrons. The van der Waals surface area contributed by atoms with Gasteiger partial charge in [0.25, 0.3) is 0 Å². The van der Waals surface area contributed by atoms with Crippen molar-refractivity contribution in [2.45, 2.75) is 13.8 Å². The zero-order valence-electron chi connectivity index (χ0n) is 9.54. The van der Waals surface area contributed by atoms with Gasteiger partial charge in [0, 0.05) is 16.1 Å². The van der Waals surface area contributed by atoms with Gasteiger partial charge < -0.3 is 10.5 Å². The lowest BCUT2D eigenvalue weighted by Gasteiger charge is -2.00. The monoisotopic (exact) mass is 269 g/mol. The first-order chi connectivity index (χ1) is 8.06. The van der Waals surface area contributed by atoms with Gasteiger partial charge in [0.1, 0.15) is 4.88 Å². The molecular weight excluding hydrogens is 258 g/mol. The van der Waals surface area contributed by atoms with Crippen LogP contribution in [0.1, 0.15) is 22.2 Å². The van der Waals surface area contributed by atoms with Crippen LogP contribution in [-0.4, -0.2) is 12.6 Å². The Labute approximate surface area is 108 Å². The molecular formula is C12H12ClNO2S. The first-order valence-electron chi connectivity index (χ1n) is 5.20. The molecule has 0 radical (unpaired) electrons. The average molecular weight is 270 g/mol. The minimum Gasteiger partial charge on any atom is -0.462 e. The van der Waals surface area contributed by atoms with E-state index in [0.29, 0.717) is 22.2 Å². The molecule has 0 aliphatic rings. The zero-order chi connectivity index (χ0) is 12.6. The number of aryl methyl sites for hydroxylation is 1. The number of hydrogen-bond donors (Lipinski definition) is 1. The molecule has 0 aliphatic heterocycles. The fraction of sp³-hybridized carbons (Fsp3) is 0.250. The molecule has 1 aromatic carbocycles. The second kappa shape index (κ2) is 4.55. The Bertz CT molecular complexity index is 592. The molecule has 1 aromatic heterocycles. The predicted molar refractivity (Wildman–Crippen MR) is 71.9 cm³/mol. The lowest BCUT2D eigenvalue weighted by Crippen LogP contribution is -2.03. The van der Waals surface area contributed by atoms with Crippen LogP contribution < -0.4 is 5.73 Å². The summed E-state index contributed by atoms with van der Waals surface area (Å²) in [4.78, 5) is 12.3. The summed E-state index contributed by atoms with van der Waals surface area (Å²) in [6.45, 7) is 3.99. The third kappa shape index (κ3) is 1.98. The molecule has 3 nitrogen and oxygen atoms in total. The number of fused-ring (bicyclic) bond motifs is 1. The van der Waals surface area contributed by atoms with Gasteiger partial charge in [0.05, 0.1) is 11.3 Å². The smallest absolute Gasteiger partial charge is 0.348 e.